The molecule has 1 aliphatic heterocycles. The molecule has 0 N–H and O–H groups in total. The van der Waals surface area contributed by atoms with Crippen molar-refractivity contribution in [3.8, 4) is 0 Å². The topological polar surface area (TPSA) is 40.6 Å². The van der Waals surface area contributed by atoms with Gasteiger partial charge in [0.15, 0.2) is 0 Å². The van der Waals surface area contributed by atoms with Crippen LogP contribution in [0.15, 0.2) is 48.5 Å². The molecular formula is C20H22N2O2S. The zero-order valence-corrected chi connectivity index (χ0v) is 15.5. The first-order valence-electron chi connectivity index (χ1n) is 8.27. The van der Waals surface area contributed by atoms with Gasteiger partial charge in [0, 0.05) is 24.1 Å². The van der Waals surface area contributed by atoms with Gasteiger partial charge in [-0.05, 0) is 37.6 Å². The summed E-state index contributed by atoms with van der Waals surface area (Å²) < 4.78 is 0. The summed E-state index contributed by atoms with van der Waals surface area (Å²) in [4.78, 5) is 29.2. The molecule has 1 aliphatic rings. The van der Waals surface area contributed by atoms with Gasteiger partial charge in [-0.3, -0.25) is 9.59 Å². The van der Waals surface area contributed by atoms with Crippen LogP contribution in [-0.4, -0.2) is 41.4 Å². The molecule has 0 aliphatic carbocycles. The van der Waals surface area contributed by atoms with Crippen LogP contribution >= 0.6 is 11.8 Å². The fourth-order valence-corrected chi connectivity index (χ4v) is 4.26. The number of nitrogens with zero attached hydrogens (tertiary/aromatic N) is 2. The van der Waals surface area contributed by atoms with E-state index in [-0.39, 0.29) is 11.8 Å². The number of carbonyl (C=O) groups excluding carboxylic acids is 2. The summed E-state index contributed by atoms with van der Waals surface area (Å²) in [6.07, 6.45) is 0. The normalized spacial score (nSPS) is 16.8. The van der Waals surface area contributed by atoms with Gasteiger partial charge < -0.3 is 9.80 Å². The van der Waals surface area contributed by atoms with E-state index >= 15 is 0 Å². The summed E-state index contributed by atoms with van der Waals surface area (Å²) >= 11 is 1.62. The van der Waals surface area contributed by atoms with Crippen molar-refractivity contribution in [3.05, 3.63) is 65.2 Å². The Labute approximate surface area is 152 Å². The average molecular weight is 354 g/mol. The predicted octanol–water partition coefficient (Wildman–Crippen LogP) is 3.48. The number of amides is 2. The molecule has 4 nitrogen and oxygen atoms in total. The van der Waals surface area contributed by atoms with Crippen LogP contribution in [0.25, 0.3) is 0 Å². The monoisotopic (exact) mass is 354 g/mol. The van der Waals surface area contributed by atoms with Crippen molar-refractivity contribution in [1.82, 2.24) is 4.90 Å². The molecule has 130 valence electrons. The maximum Gasteiger partial charge on any atom is 0.255 e. The Bertz CT molecular complexity index is 792. The average Bonchev–Trinajstić information content (AvgIpc) is 3.10. The van der Waals surface area contributed by atoms with Crippen LogP contribution in [0.4, 0.5) is 5.69 Å². The summed E-state index contributed by atoms with van der Waals surface area (Å²) in [6, 6.07) is 14.8. The lowest BCUT2D eigenvalue weighted by molar-refractivity contribution is -0.121. The van der Waals surface area contributed by atoms with Crippen LogP contribution in [0.2, 0.25) is 0 Å². The Balaban J connectivity index is 1.82. The largest absolute Gasteiger partial charge is 0.316 e. The van der Waals surface area contributed by atoms with Crippen LogP contribution in [0.5, 0.6) is 0 Å². The zero-order chi connectivity index (χ0) is 18.0. The molecule has 0 aromatic heterocycles. The van der Waals surface area contributed by atoms with E-state index in [0.717, 1.165) is 11.3 Å². The Hall–Kier alpha value is -2.27. The second kappa shape index (κ2) is 7.31. The van der Waals surface area contributed by atoms with Gasteiger partial charge in [0.2, 0.25) is 5.91 Å². The molecule has 0 bridgehead atoms. The van der Waals surface area contributed by atoms with Crippen molar-refractivity contribution in [1.29, 1.82) is 0 Å². The quantitative estimate of drug-likeness (QED) is 0.847. The summed E-state index contributed by atoms with van der Waals surface area (Å²) in [5.74, 6) is 1.05. The number of benzene rings is 2. The van der Waals surface area contributed by atoms with Crippen molar-refractivity contribution in [2.24, 2.45) is 0 Å². The van der Waals surface area contributed by atoms with E-state index in [9.17, 15) is 9.59 Å². The minimum atomic E-state index is -0.427. The first-order chi connectivity index (χ1) is 12.0. The van der Waals surface area contributed by atoms with Crippen molar-refractivity contribution >= 4 is 29.3 Å². The smallest absolute Gasteiger partial charge is 0.255 e. The van der Waals surface area contributed by atoms with Crippen molar-refractivity contribution in [3.63, 3.8) is 0 Å². The zero-order valence-electron chi connectivity index (χ0n) is 14.7. The summed E-state index contributed by atoms with van der Waals surface area (Å²) in [6.45, 7) is 4.04. The van der Waals surface area contributed by atoms with Crippen LogP contribution in [0.1, 0.15) is 21.5 Å². The number of hydrogen-bond acceptors (Lipinski definition) is 3. The molecule has 2 aromatic rings. The number of rotatable bonds is 3. The van der Waals surface area contributed by atoms with Crippen molar-refractivity contribution in [2.75, 3.05) is 23.6 Å². The first kappa shape index (κ1) is 17.5. The lowest BCUT2D eigenvalue weighted by Crippen LogP contribution is -2.48. The van der Waals surface area contributed by atoms with Gasteiger partial charge in [-0.25, -0.2) is 0 Å². The highest BCUT2D eigenvalue weighted by molar-refractivity contribution is 7.99. The predicted molar refractivity (Wildman–Crippen MR) is 103 cm³/mol. The van der Waals surface area contributed by atoms with E-state index in [4.69, 9.17) is 0 Å². The minimum Gasteiger partial charge on any atom is -0.316 e. The Morgan fingerprint density at radius 2 is 1.84 bits per heavy atom. The summed E-state index contributed by atoms with van der Waals surface area (Å²) in [5.41, 5.74) is 3.73. The molecule has 25 heavy (non-hydrogen) atoms. The standard InChI is InChI=1S/C20H22N2O2S/c1-14-9-10-17(15(2)11-14)21(3)20(24)18-12-25-13-22(18)19(23)16-7-5-4-6-8-16/h4-11,18H,12-13H2,1-3H3/t18-/m0/s1. The Kier molecular flexibility index (Phi) is 5.13. The fourth-order valence-electron chi connectivity index (χ4n) is 3.12. The lowest BCUT2D eigenvalue weighted by atomic mass is 10.1. The molecule has 0 spiro atoms. The second-order valence-corrected chi connectivity index (χ2v) is 7.34. The molecule has 2 amide bonds. The van der Waals surface area contributed by atoms with E-state index in [1.807, 2.05) is 44.2 Å². The molecule has 2 aromatic carbocycles. The van der Waals surface area contributed by atoms with Crippen LogP contribution < -0.4 is 4.90 Å². The molecule has 0 radical (unpaired) electrons. The number of thioether (sulfide) groups is 1. The minimum absolute atomic E-state index is 0.0405. The lowest BCUT2D eigenvalue weighted by Gasteiger charge is -2.28. The fraction of sp³-hybridized carbons (Fsp3) is 0.300. The number of likely N-dealkylation sites (N-methyl/N-ethyl adjacent to an activating group) is 1. The Morgan fingerprint density at radius 1 is 1.12 bits per heavy atom. The molecule has 5 heteroatoms. The van der Waals surface area contributed by atoms with E-state index in [1.54, 1.807) is 40.7 Å². The van der Waals surface area contributed by atoms with E-state index in [0.29, 0.717) is 17.2 Å². The highest BCUT2D eigenvalue weighted by Crippen LogP contribution is 2.27. The molecule has 0 unspecified atom stereocenters. The maximum absolute atomic E-state index is 13.0. The second-order valence-electron chi connectivity index (χ2n) is 6.34. The van der Waals surface area contributed by atoms with Gasteiger partial charge >= 0.3 is 0 Å². The highest BCUT2D eigenvalue weighted by Gasteiger charge is 2.37. The first-order valence-corrected chi connectivity index (χ1v) is 9.43. The third-order valence-electron chi connectivity index (χ3n) is 4.49. The molecule has 3 rings (SSSR count). The van der Waals surface area contributed by atoms with Crippen LogP contribution in [-0.2, 0) is 4.79 Å². The molecule has 1 fully saturated rings. The van der Waals surface area contributed by atoms with Gasteiger partial charge in [-0.2, -0.15) is 0 Å². The van der Waals surface area contributed by atoms with Gasteiger partial charge in [0.25, 0.3) is 5.91 Å². The third-order valence-corrected chi connectivity index (χ3v) is 5.51. The third kappa shape index (κ3) is 3.56. The van der Waals surface area contributed by atoms with Gasteiger partial charge in [-0.15, -0.1) is 11.8 Å². The van der Waals surface area contributed by atoms with Gasteiger partial charge in [0.1, 0.15) is 6.04 Å². The summed E-state index contributed by atoms with van der Waals surface area (Å²) in [5, 5.41) is 0. The molecular weight excluding hydrogens is 332 g/mol. The summed E-state index contributed by atoms with van der Waals surface area (Å²) in [7, 11) is 1.79. The van der Waals surface area contributed by atoms with Crippen molar-refractivity contribution in [2.45, 2.75) is 19.9 Å². The number of aryl methyl sites for hydroxylation is 2. The number of anilines is 1. The molecule has 1 saturated heterocycles. The maximum atomic E-state index is 13.0. The van der Waals surface area contributed by atoms with Crippen LogP contribution in [0.3, 0.4) is 0 Å². The number of carbonyl (C=O) groups is 2. The van der Waals surface area contributed by atoms with Crippen LogP contribution in [0, 0.1) is 13.8 Å². The molecule has 1 atom stereocenters. The Morgan fingerprint density at radius 3 is 2.52 bits per heavy atom. The highest BCUT2D eigenvalue weighted by atomic mass is 32.2. The van der Waals surface area contributed by atoms with E-state index in [1.165, 1.54) is 5.56 Å². The molecule has 0 saturated carbocycles. The van der Waals surface area contributed by atoms with Gasteiger partial charge in [-0.1, -0.05) is 35.9 Å². The molecule has 1 heterocycles. The SMILES string of the molecule is Cc1ccc(N(C)C(=O)[C@@H]2CSCN2C(=O)c2ccccc2)c(C)c1. The van der Waals surface area contributed by atoms with E-state index < -0.39 is 6.04 Å². The number of hydrogen-bond donors (Lipinski definition) is 0. The van der Waals surface area contributed by atoms with Crippen molar-refractivity contribution < 1.29 is 9.59 Å². The van der Waals surface area contributed by atoms with Gasteiger partial charge in [0.05, 0.1) is 5.88 Å². The van der Waals surface area contributed by atoms with E-state index in [2.05, 4.69) is 6.07 Å².